The van der Waals surface area contributed by atoms with Crippen LogP contribution in [0.1, 0.15) is 21.7 Å². The number of furan rings is 1. The Morgan fingerprint density at radius 1 is 1.00 bits per heavy atom. The lowest BCUT2D eigenvalue weighted by Gasteiger charge is -2.10. The minimum atomic E-state index is -0.237. The first-order chi connectivity index (χ1) is 13.1. The van der Waals surface area contributed by atoms with Crippen LogP contribution in [-0.2, 0) is 0 Å². The number of fused-ring (bicyclic) bond motifs is 3. The summed E-state index contributed by atoms with van der Waals surface area (Å²) < 4.78 is 11.5. The van der Waals surface area contributed by atoms with Crippen molar-refractivity contribution in [2.24, 2.45) is 0 Å². The number of ether oxygens (including phenoxy) is 1. The lowest BCUT2D eigenvalue weighted by Crippen LogP contribution is -2.27. The molecule has 1 heterocycles. The van der Waals surface area contributed by atoms with Crippen LogP contribution in [0.4, 0.5) is 0 Å². The number of hydrogen-bond acceptors (Lipinski definition) is 3. The Morgan fingerprint density at radius 2 is 1.85 bits per heavy atom. The summed E-state index contributed by atoms with van der Waals surface area (Å²) in [4.78, 5) is 12.4. The first kappa shape index (κ1) is 17.2. The average Bonchev–Trinajstić information content (AvgIpc) is 3.11. The lowest BCUT2D eigenvalue weighted by molar-refractivity contribution is 0.0921. The molecule has 0 fully saturated rings. The van der Waals surface area contributed by atoms with Crippen molar-refractivity contribution in [2.75, 3.05) is 13.2 Å². The van der Waals surface area contributed by atoms with E-state index in [-0.39, 0.29) is 5.91 Å². The fraction of sp³-hybridized carbons (Fsp3) is 0.174. The van der Waals surface area contributed by atoms with Gasteiger partial charge < -0.3 is 14.5 Å². The highest BCUT2D eigenvalue weighted by atomic mass is 16.5. The molecule has 4 aromatic rings. The van der Waals surface area contributed by atoms with Gasteiger partial charge in [-0.2, -0.15) is 0 Å². The Labute approximate surface area is 157 Å². The van der Waals surface area contributed by atoms with Gasteiger partial charge in [-0.15, -0.1) is 0 Å². The van der Waals surface area contributed by atoms with Crippen LogP contribution in [-0.4, -0.2) is 19.1 Å². The maximum absolute atomic E-state index is 12.4. The van der Waals surface area contributed by atoms with Gasteiger partial charge >= 0.3 is 0 Å². The molecule has 27 heavy (non-hydrogen) atoms. The van der Waals surface area contributed by atoms with Crippen molar-refractivity contribution in [1.82, 2.24) is 5.32 Å². The fourth-order valence-corrected chi connectivity index (χ4v) is 3.28. The lowest BCUT2D eigenvalue weighted by atomic mass is 10.1. The van der Waals surface area contributed by atoms with E-state index in [4.69, 9.17) is 9.15 Å². The van der Waals surface area contributed by atoms with Gasteiger partial charge in [0.15, 0.2) is 5.76 Å². The van der Waals surface area contributed by atoms with Crippen molar-refractivity contribution in [3.63, 3.8) is 0 Å². The average molecular weight is 359 g/mol. The molecule has 0 aliphatic rings. The topological polar surface area (TPSA) is 51.5 Å². The highest BCUT2D eigenvalue weighted by Crippen LogP contribution is 2.28. The Kier molecular flexibility index (Phi) is 4.55. The molecule has 1 N–H and O–H groups in total. The van der Waals surface area contributed by atoms with E-state index in [9.17, 15) is 4.79 Å². The molecule has 4 heteroatoms. The van der Waals surface area contributed by atoms with Gasteiger partial charge in [0.2, 0.25) is 0 Å². The van der Waals surface area contributed by atoms with Crippen LogP contribution < -0.4 is 10.1 Å². The zero-order valence-corrected chi connectivity index (χ0v) is 15.4. The molecule has 1 aromatic heterocycles. The Hall–Kier alpha value is -3.27. The molecular weight excluding hydrogens is 338 g/mol. The first-order valence-electron chi connectivity index (χ1n) is 9.01. The van der Waals surface area contributed by atoms with Gasteiger partial charge in [-0.3, -0.25) is 4.79 Å². The number of hydrogen-bond donors (Lipinski definition) is 1. The van der Waals surface area contributed by atoms with Crippen molar-refractivity contribution in [3.05, 3.63) is 77.6 Å². The van der Waals surface area contributed by atoms with Crippen LogP contribution in [0.2, 0.25) is 0 Å². The van der Waals surface area contributed by atoms with E-state index in [0.717, 1.165) is 27.5 Å². The van der Waals surface area contributed by atoms with E-state index in [1.165, 1.54) is 5.56 Å². The minimum absolute atomic E-state index is 0.237. The second-order valence-electron chi connectivity index (χ2n) is 6.68. The second-order valence-corrected chi connectivity index (χ2v) is 6.68. The summed E-state index contributed by atoms with van der Waals surface area (Å²) in [6.45, 7) is 4.87. The molecule has 0 unspecified atom stereocenters. The predicted octanol–water partition coefficient (Wildman–Crippen LogP) is 5.01. The molecule has 1 amide bonds. The van der Waals surface area contributed by atoms with E-state index in [1.807, 2.05) is 62.4 Å². The molecular formula is C23H21NO3. The smallest absolute Gasteiger partial charge is 0.287 e. The molecule has 0 aliphatic heterocycles. The van der Waals surface area contributed by atoms with Crippen LogP contribution in [0.15, 0.2) is 65.1 Å². The zero-order chi connectivity index (χ0) is 18.8. The first-order valence-corrected chi connectivity index (χ1v) is 9.01. The Balaban J connectivity index is 1.41. The normalized spacial score (nSPS) is 11.0. The van der Waals surface area contributed by atoms with Gasteiger partial charge in [-0.05, 0) is 48.4 Å². The minimum Gasteiger partial charge on any atom is -0.491 e. The van der Waals surface area contributed by atoms with Crippen LogP contribution in [0.5, 0.6) is 5.75 Å². The molecule has 0 saturated heterocycles. The molecule has 0 atom stereocenters. The van der Waals surface area contributed by atoms with Crippen molar-refractivity contribution in [3.8, 4) is 5.75 Å². The predicted molar refractivity (Wildman–Crippen MR) is 107 cm³/mol. The van der Waals surface area contributed by atoms with Crippen LogP contribution in [0.25, 0.3) is 21.7 Å². The number of amides is 1. The zero-order valence-electron chi connectivity index (χ0n) is 15.4. The number of carbonyl (C=O) groups is 1. The third-order valence-electron chi connectivity index (χ3n) is 4.63. The summed E-state index contributed by atoms with van der Waals surface area (Å²) in [5.41, 5.74) is 3.00. The molecule has 4 rings (SSSR count). The monoisotopic (exact) mass is 359 g/mol. The van der Waals surface area contributed by atoms with Gasteiger partial charge in [0, 0.05) is 5.39 Å². The maximum Gasteiger partial charge on any atom is 0.287 e. The SMILES string of the molecule is Cc1ccc(OCCNC(=O)c2cc3c(ccc4ccccc43)o2)c(C)c1. The molecule has 0 radical (unpaired) electrons. The summed E-state index contributed by atoms with van der Waals surface area (Å²) in [6.07, 6.45) is 0. The molecule has 136 valence electrons. The van der Waals surface area contributed by atoms with Crippen molar-refractivity contribution < 1.29 is 13.9 Å². The Bertz CT molecular complexity index is 1130. The van der Waals surface area contributed by atoms with Gasteiger partial charge in [-0.1, -0.05) is 48.0 Å². The maximum atomic E-state index is 12.4. The summed E-state index contributed by atoms with van der Waals surface area (Å²) in [5.74, 6) is 0.914. The highest BCUT2D eigenvalue weighted by Gasteiger charge is 2.13. The summed E-state index contributed by atoms with van der Waals surface area (Å²) >= 11 is 0. The van der Waals surface area contributed by atoms with Gasteiger partial charge in [0.1, 0.15) is 17.9 Å². The van der Waals surface area contributed by atoms with Gasteiger partial charge in [0.25, 0.3) is 5.91 Å². The molecule has 0 saturated carbocycles. The number of carbonyl (C=O) groups excluding carboxylic acids is 1. The quantitative estimate of drug-likeness (QED) is 0.510. The second kappa shape index (κ2) is 7.16. The molecule has 0 bridgehead atoms. The Morgan fingerprint density at radius 3 is 2.70 bits per heavy atom. The van der Waals surface area contributed by atoms with E-state index in [1.54, 1.807) is 6.07 Å². The number of rotatable bonds is 5. The largest absolute Gasteiger partial charge is 0.491 e. The highest BCUT2D eigenvalue weighted by molar-refractivity contribution is 6.08. The van der Waals surface area contributed by atoms with E-state index >= 15 is 0 Å². The van der Waals surface area contributed by atoms with Crippen molar-refractivity contribution >= 4 is 27.6 Å². The third kappa shape index (κ3) is 3.51. The molecule has 0 spiro atoms. The van der Waals surface area contributed by atoms with Crippen LogP contribution in [0.3, 0.4) is 0 Å². The number of benzene rings is 3. The van der Waals surface area contributed by atoms with Gasteiger partial charge in [0.05, 0.1) is 6.54 Å². The van der Waals surface area contributed by atoms with E-state index < -0.39 is 0 Å². The molecule has 3 aromatic carbocycles. The van der Waals surface area contributed by atoms with Crippen molar-refractivity contribution in [1.29, 1.82) is 0 Å². The number of nitrogens with one attached hydrogen (secondary N) is 1. The van der Waals surface area contributed by atoms with Gasteiger partial charge in [-0.25, -0.2) is 0 Å². The van der Waals surface area contributed by atoms with Crippen LogP contribution >= 0.6 is 0 Å². The summed E-state index contributed by atoms with van der Waals surface area (Å²) in [5, 5.41) is 6.00. The molecule has 0 aliphatic carbocycles. The number of aryl methyl sites for hydroxylation is 2. The fourth-order valence-electron chi connectivity index (χ4n) is 3.28. The van der Waals surface area contributed by atoms with Crippen LogP contribution in [0, 0.1) is 13.8 Å². The standard InChI is InChI=1S/C23H21NO3/c1-15-7-9-20(16(2)13-15)26-12-11-24-23(25)22-14-19-18-6-4-3-5-17(18)8-10-21(19)27-22/h3-10,13-14H,11-12H2,1-2H3,(H,24,25). The summed E-state index contributed by atoms with van der Waals surface area (Å²) in [6, 6.07) is 19.8. The van der Waals surface area contributed by atoms with E-state index in [0.29, 0.717) is 24.5 Å². The van der Waals surface area contributed by atoms with Crippen molar-refractivity contribution in [2.45, 2.75) is 13.8 Å². The third-order valence-corrected chi connectivity index (χ3v) is 4.63. The summed E-state index contributed by atoms with van der Waals surface area (Å²) in [7, 11) is 0. The molecule has 4 nitrogen and oxygen atoms in total. The van der Waals surface area contributed by atoms with E-state index in [2.05, 4.69) is 11.4 Å².